The number of pyridine rings is 1. The predicted molar refractivity (Wildman–Crippen MR) is 115 cm³/mol. The van der Waals surface area contributed by atoms with Gasteiger partial charge in [-0.25, -0.2) is 9.59 Å². The Morgan fingerprint density at radius 3 is 2.23 bits per heavy atom. The lowest BCUT2D eigenvalue weighted by atomic mass is 9.98. The van der Waals surface area contributed by atoms with Crippen molar-refractivity contribution in [3.8, 4) is 11.1 Å². The number of fused-ring (bicyclic) bond motifs is 3. The summed E-state index contributed by atoms with van der Waals surface area (Å²) in [6, 6.07) is 18.4. The average Bonchev–Trinajstić information content (AvgIpc) is 3.07. The molecule has 1 heterocycles. The minimum Gasteiger partial charge on any atom is -0.480 e. The van der Waals surface area contributed by atoms with E-state index in [2.05, 4.69) is 38.4 Å². The Balaban J connectivity index is 1.43. The number of ether oxygens (including phenoxy) is 1. The lowest BCUT2D eigenvalue weighted by molar-refractivity contribution is -0.139. The van der Waals surface area contributed by atoms with Crippen LogP contribution >= 0.6 is 15.9 Å². The van der Waals surface area contributed by atoms with Crippen LogP contribution in [0.15, 0.2) is 71.3 Å². The highest BCUT2D eigenvalue weighted by Gasteiger charge is 2.29. The molecule has 0 saturated heterocycles. The van der Waals surface area contributed by atoms with Crippen molar-refractivity contribution in [2.45, 2.75) is 18.4 Å². The van der Waals surface area contributed by atoms with Gasteiger partial charge in [-0.2, -0.15) is 0 Å². The number of amides is 1. The zero-order valence-corrected chi connectivity index (χ0v) is 17.5. The summed E-state index contributed by atoms with van der Waals surface area (Å²) in [4.78, 5) is 28.1. The zero-order valence-electron chi connectivity index (χ0n) is 15.9. The molecule has 1 atom stereocenters. The molecule has 1 aliphatic carbocycles. The molecule has 6 nitrogen and oxygen atoms in total. The summed E-state index contributed by atoms with van der Waals surface area (Å²) >= 11 is 3.29. The summed E-state index contributed by atoms with van der Waals surface area (Å²) in [6.07, 6.45) is 0.885. The summed E-state index contributed by atoms with van der Waals surface area (Å²) in [7, 11) is 0. The maximum Gasteiger partial charge on any atom is 0.407 e. The van der Waals surface area contributed by atoms with E-state index < -0.39 is 18.1 Å². The van der Waals surface area contributed by atoms with Crippen LogP contribution in [0.5, 0.6) is 0 Å². The summed E-state index contributed by atoms with van der Waals surface area (Å²) in [5.41, 5.74) is 5.02. The van der Waals surface area contributed by atoms with Crippen molar-refractivity contribution in [1.82, 2.24) is 10.3 Å². The fourth-order valence-corrected chi connectivity index (χ4v) is 3.95. The molecule has 0 spiro atoms. The minimum atomic E-state index is -1.15. The second-order valence-corrected chi connectivity index (χ2v) is 7.95. The summed E-state index contributed by atoms with van der Waals surface area (Å²) in [5, 5.41) is 11.9. The predicted octanol–water partition coefficient (Wildman–Crippen LogP) is 4.38. The standard InChI is InChI=1S/C23H19BrN2O4/c24-14-9-10-15(25-12-14)11-21(22(27)28)26-23(29)30-13-20-18-7-3-1-5-16(18)17-6-2-4-8-19(17)20/h1-10,12,20-21H,11,13H2,(H,26,29)(H,27,28)/t21-/m0/s1. The van der Waals surface area contributed by atoms with Crippen LogP contribution < -0.4 is 5.32 Å². The SMILES string of the molecule is O=C(N[C@@H](Cc1ccc(Br)cn1)C(=O)O)OCC1c2ccccc2-c2ccccc21. The van der Waals surface area contributed by atoms with Crippen molar-refractivity contribution in [1.29, 1.82) is 0 Å². The Bertz CT molecular complexity index is 1040. The van der Waals surface area contributed by atoms with Crippen LogP contribution in [-0.4, -0.2) is 34.8 Å². The van der Waals surface area contributed by atoms with Gasteiger partial charge >= 0.3 is 12.1 Å². The third-order valence-electron chi connectivity index (χ3n) is 5.14. The van der Waals surface area contributed by atoms with Crippen molar-refractivity contribution in [3.63, 3.8) is 0 Å². The van der Waals surface area contributed by atoms with E-state index in [-0.39, 0.29) is 18.9 Å². The number of hydrogen-bond acceptors (Lipinski definition) is 4. The van der Waals surface area contributed by atoms with Gasteiger partial charge < -0.3 is 15.2 Å². The Hall–Kier alpha value is -3.19. The van der Waals surface area contributed by atoms with Crippen LogP contribution in [0.2, 0.25) is 0 Å². The fraction of sp³-hybridized carbons (Fsp3) is 0.174. The Morgan fingerprint density at radius 2 is 1.67 bits per heavy atom. The first-order valence-electron chi connectivity index (χ1n) is 9.47. The first kappa shape index (κ1) is 20.1. The molecule has 152 valence electrons. The Kier molecular flexibility index (Phi) is 5.81. The second kappa shape index (κ2) is 8.67. The number of carboxylic acids is 1. The zero-order chi connectivity index (χ0) is 21.1. The molecule has 0 fully saturated rings. The first-order chi connectivity index (χ1) is 14.5. The number of hydrogen-bond donors (Lipinski definition) is 2. The number of nitrogens with zero attached hydrogens (tertiary/aromatic N) is 1. The van der Waals surface area contributed by atoms with Crippen LogP contribution in [0.4, 0.5) is 4.79 Å². The number of carbonyl (C=O) groups excluding carboxylic acids is 1. The third-order valence-corrected chi connectivity index (χ3v) is 5.60. The number of carboxylic acid groups (broad SMARTS) is 1. The van der Waals surface area contributed by atoms with E-state index in [1.54, 1.807) is 18.3 Å². The number of benzene rings is 2. The van der Waals surface area contributed by atoms with Gasteiger partial charge in [-0.3, -0.25) is 4.98 Å². The molecule has 1 amide bonds. The first-order valence-corrected chi connectivity index (χ1v) is 10.3. The van der Waals surface area contributed by atoms with Crippen molar-refractivity contribution in [2.24, 2.45) is 0 Å². The van der Waals surface area contributed by atoms with Gasteiger partial charge in [0.2, 0.25) is 0 Å². The summed E-state index contributed by atoms with van der Waals surface area (Å²) in [6.45, 7) is 0.128. The Labute approximate surface area is 182 Å². The summed E-state index contributed by atoms with van der Waals surface area (Å²) in [5.74, 6) is -1.23. The molecule has 0 aliphatic heterocycles. The highest BCUT2D eigenvalue weighted by atomic mass is 79.9. The van der Waals surface area contributed by atoms with Gasteiger partial charge in [-0.1, -0.05) is 48.5 Å². The molecular formula is C23H19BrN2O4. The number of halogens is 1. The van der Waals surface area contributed by atoms with Crippen molar-refractivity contribution in [3.05, 3.63) is 88.2 Å². The van der Waals surface area contributed by atoms with Crippen molar-refractivity contribution in [2.75, 3.05) is 6.61 Å². The number of rotatable bonds is 6. The molecule has 7 heteroatoms. The normalized spacial score (nSPS) is 13.2. The molecule has 0 radical (unpaired) electrons. The number of carbonyl (C=O) groups is 2. The van der Waals surface area contributed by atoms with Gasteiger partial charge in [-0.15, -0.1) is 0 Å². The van der Waals surface area contributed by atoms with Crippen LogP contribution in [-0.2, 0) is 16.0 Å². The molecule has 0 bridgehead atoms. The van der Waals surface area contributed by atoms with E-state index in [9.17, 15) is 14.7 Å². The fourth-order valence-electron chi connectivity index (χ4n) is 3.72. The van der Waals surface area contributed by atoms with E-state index in [1.165, 1.54) is 0 Å². The molecular weight excluding hydrogens is 448 g/mol. The molecule has 3 aromatic rings. The monoisotopic (exact) mass is 466 g/mol. The van der Waals surface area contributed by atoms with E-state index in [0.29, 0.717) is 5.69 Å². The number of aliphatic carboxylic acids is 1. The lowest BCUT2D eigenvalue weighted by Gasteiger charge is -2.17. The molecule has 4 rings (SSSR count). The quantitative estimate of drug-likeness (QED) is 0.562. The molecule has 1 aromatic heterocycles. The molecule has 0 unspecified atom stereocenters. The molecule has 30 heavy (non-hydrogen) atoms. The van der Waals surface area contributed by atoms with E-state index in [0.717, 1.165) is 26.7 Å². The van der Waals surface area contributed by atoms with Gasteiger partial charge in [0, 0.05) is 28.7 Å². The average molecular weight is 467 g/mol. The van der Waals surface area contributed by atoms with Crippen molar-refractivity contribution < 1.29 is 19.4 Å². The molecule has 2 N–H and O–H groups in total. The number of aromatic nitrogens is 1. The molecule has 1 aliphatic rings. The van der Waals surface area contributed by atoms with Gasteiger partial charge in [-0.05, 0) is 50.3 Å². The smallest absolute Gasteiger partial charge is 0.407 e. The summed E-state index contributed by atoms with van der Waals surface area (Å²) < 4.78 is 6.23. The third kappa shape index (κ3) is 4.21. The van der Waals surface area contributed by atoms with Crippen LogP contribution in [0.25, 0.3) is 11.1 Å². The van der Waals surface area contributed by atoms with Gasteiger partial charge in [0.05, 0.1) is 0 Å². The van der Waals surface area contributed by atoms with Gasteiger partial charge in [0.25, 0.3) is 0 Å². The van der Waals surface area contributed by atoms with Gasteiger partial charge in [0.1, 0.15) is 12.6 Å². The Morgan fingerprint density at radius 1 is 1.03 bits per heavy atom. The highest BCUT2D eigenvalue weighted by molar-refractivity contribution is 9.10. The highest BCUT2D eigenvalue weighted by Crippen LogP contribution is 2.44. The number of alkyl carbamates (subject to hydrolysis) is 1. The van der Waals surface area contributed by atoms with E-state index >= 15 is 0 Å². The number of nitrogens with one attached hydrogen (secondary N) is 1. The second-order valence-electron chi connectivity index (χ2n) is 7.03. The largest absolute Gasteiger partial charge is 0.480 e. The maximum atomic E-state index is 12.4. The van der Waals surface area contributed by atoms with Crippen LogP contribution in [0.3, 0.4) is 0 Å². The molecule has 0 saturated carbocycles. The van der Waals surface area contributed by atoms with Crippen LogP contribution in [0, 0.1) is 0 Å². The van der Waals surface area contributed by atoms with E-state index in [4.69, 9.17) is 4.74 Å². The molecule has 2 aromatic carbocycles. The van der Waals surface area contributed by atoms with E-state index in [1.807, 2.05) is 36.4 Å². The van der Waals surface area contributed by atoms with Gasteiger partial charge in [0.15, 0.2) is 0 Å². The van der Waals surface area contributed by atoms with Crippen LogP contribution in [0.1, 0.15) is 22.7 Å². The minimum absolute atomic E-state index is 0.0623. The maximum absolute atomic E-state index is 12.4. The lowest BCUT2D eigenvalue weighted by Crippen LogP contribution is -2.43. The topological polar surface area (TPSA) is 88.5 Å². The van der Waals surface area contributed by atoms with Crippen molar-refractivity contribution >= 4 is 28.0 Å².